The molecule has 15 heavy (non-hydrogen) atoms. The Hall–Kier alpha value is -0.940. The van der Waals surface area contributed by atoms with Gasteiger partial charge in [-0.25, -0.2) is 0 Å². The summed E-state index contributed by atoms with van der Waals surface area (Å²) in [5.74, 6) is -0.147. The van der Waals surface area contributed by atoms with Crippen molar-refractivity contribution in [1.82, 2.24) is 10.6 Å². The highest BCUT2D eigenvalue weighted by atomic mass is 32.1. The van der Waals surface area contributed by atoms with E-state index in [4.69, 9.17) is 12.2 Å². The van der Waals surface area contributed by atoms with Crippen LogP contribution in [0.25, 0.3) is 0 Å². The number of rotatable bonds is 3. The third kappa shape index (κ3) is 3.97. The fraction of sp³-hybridized carbons (Fsp3) is 0.400. The summed E-state index contributed by atoms with van der Waals surface area (Å²) < 4.78 is 0. The van der Waals surface area contributed by atoms with Gasteiger partial charge in [0, 0.05) is 6.04 Å². The van der Waals surface area contributed by atoms with E-state index in [0.29, 0.717) is 9.99 Å². The molecule has 0 spiro atoms. The first-order valence-electron chi connectivity index (χ1n) is 4.78. The van der Waals surface area contributed by atoms with Gasteiger partial charge in [-0.05, 0) is 37.0 Å². The lowest BCUT2D eigenvalue weighted by Crippen LogP contribution is -2.42. The van der Waals surface area contributed by atoms with Crippen molar-refractivity contribution in [2.75, 3.05) is 0 Å². The maximum Gasteiger partial charge on any atom is 0.267 e. The molecule has 0 aliphatic rings. The highest BCUT2D eigenvalue weighted by Crippen LogP contribution is 2.07. The maximum absolute atomic E-state index is 11.6. The van der Waals surface area contributed by atoms with Gasteiger partial charge in [0.05, 0.1) is 4.88 Å². The second-order valence-corrected chi connectivity index (χ2v) is 4.57. The fourth-order valence-electron chi connectivity index (χ4n) is 0.934. The van der Waals surface area contributed by atoms with Gasteiger partial charge in [-0.3, -0.25) is 10.1 Å². The van der Waals surface area contributed by atoms with Crippen LogP contribution in [-0.4, -0.2) is 17.1 Å². The molecule has 0 bridgehead atoms. The zero-order chi connectivity index (χ0) is 11.3. The van der Waals surface area contributed by atoms with Crippen molar-refractivity contribution in [1.29, 1.82) is 0 Å². The van der Waals surface area contributed by atoms with Crippen LogP contribution in [-0.2, 0) is 0 Å². The lowest BCUT2D eigenvalue weighted by molar-refractivity contribution is 0.0980. The Kier molecular flexibility index (Phi) is 4.71. The fourth-order valence-corrected chi connectivity index (χ4v) is 1.85. The van der Waals surface area contributed by atoms with Gasteiger partial charge >= 0.3 is 0 Å². The largest absolute Gasteiger partial charge is 0.360 e. The Balaban J connectivity index is 2.42. The van der Waals surface area contributed by atoms with Gasteiger partial charge < -0.3 is 5.32 Å². The van der Waals surface area contributed by atoms with Crippen LogP contribution in [0.4, 0.5) is 0 Å². The van der Waals surface area contributed by atoms with E-state index < -0.39 is 0 Å². The molecule has 2 N–H and O–H groups in total. The van der Waals surface area contributed by atoms with Gasteiger partial charge in [-0.15, -0.1) is 11.3 Å². The number of hydrogen-bond donors (Lipinski definition) is 2. The van der Waals surface area contributed by atoms with E-state index in [0.717, 1.165) is 6.42 Å². The van der Waals surface area contributed by atoms with Crippen LogP contribution < -0.4 is 10.6 Å². The summed E-state index contributed by atoms with van der Waals surface area (Å²) in [5, 5.41) is 7.92. The molecule has 1 amide bonds. The summed E-state index contributed by atoms with van der Waals surface area (Å²) >= 11 is 6.41. The van der Waals surface area contributed by atoms with Gasteiger partial charge in [0.25, 0.3) is 5.91 Å². The van der Waals surface area contributed by atoms with E-state index in [2.05, 4.69) is 17.6 Å². The average Bonchev–Trinajstić information content (AvgIpc) is 2.70. The molecule has 1 aromatic heterocycles. The third-order valence-electron chi connectivity index (χ3n) is 1.96. The normalized spacial score (nSPS) is 11.9. The highest BCUT2D eigenvalue weighted by molar-refractivity contribution is 7.80. The molecule has 3 nitrogen and oxygen atoms in total. The lowest BCUT2D eigenvalue weighted by atomic mass is 10.3. The predicted molar refractivity (Wildman–Crippen MR) is 67.3 cm³/mol. The van der Waals surface area contributed by atoms with Crippen molar-refractivity contribution in [3.05, 3.63) is 22.4 Å². The first-order chi connectivity index (χ1) is 7.13. The monoisotopic (exact) mass is 242 g/mol. The minimum atomic E-state index is -0.147. The van der Waals surface area contributed by atoms with E-state index in [1.54, 1.807) is 6.07 Å². The van der Waals surface area contributed by atoms with Crippen molar-refractivity contribution >= 4 is 34.6 Å². The molecule has 0 aliphatic heterocycles. The maximum atomic E-state index is 11.6. The molecule has 1 atom stereocenters. The number of carbonyl (C=O) groups excluding carboxylic acids is 1. The summed E-state index contributed by atoms with van der Waals surface area (Å²) in [7, 11) is 0. The second kappa shape index (κ2) is 5.82. The molecule has 1 unspecified atom stereocenters. The highest BCUT2D eigenvalue weighted by Gasteiger charge is 2.09. The van der Waals surface area contributed by atoms with E-state index >= 15 is 0 Å². The van der Waals surface area contributed by atoms with Crippen LogP contribution in [0.3, 0.4) is 0 Å². The Morgan fingerprint density at radius 3 is 2.93 bits per heavy atom. The molecular formula is C10H14N2OS2. The molecule has 0 saturated heterocycles. The van der Waals surface area contributed by atoms with Crippen LogP contribution >= 0.6 is 23.6 Å². The molecular weight excluding hydrogens is 228 g/mol. The number of hydrogen-bond acceptors (Lipinski definition) is 3. The Morgan fingerprint density at radius 1 is 1.67 bits per heavy atom. The molecule has 1 heterocycles. The number of thiophene rings is 1. The predicted octanol–water partition coefficient (Wildman–Crippen LogP) is 2.15. The van der Waals surface area contributed by atoms with Gasteiger partial charge in [-0.1, -0.05) is 13.0 Å². The summed E-state index contributed by atoms with van der Waals surface area (Å²) in [6.07, 6.45) is 0.967. The number of nitrogens with one attached hydrogen (secondary N) is 2. The average molecular weight is 242 g/mol. The van der Waals surface area contributed by atoms with Crippen LogP contribution in [0.2, 0.25) is 0 Å². The molecule has 0 aromatic carbocycles. The summed E-state index contributed by atoms with van der Waals surface area (Å²) in [6.45, 7) is 4.07. The van der Waals surface area contributed by atoms with Gasteiger partial charge in [0.2, 0.25) is 0 Å². The van der Waals surface area contributed by atoms with Crippen LogP contribution in [0.5, 0.6) is 0 Å². The van der Waals surface area contributed by atoms with Crippen molar-refractivity contribution in [3.63, 3.8) is 0 Å². The molecule has 0 fully saturated rings. The number of thiocarbonyl (C=S) groups is 1. The van der Waals surface area contributed by atoms with Crippen molar-refractivity contribution in [3.8, 4) is 0 Å². The molecule has 0 saturated carbocycles. The van der Waals surface area contributed by atoms with E-state index in [1.165, 1.54) is 11.3 Å². The molecule has 1 aromatic rings. The van der Waals surface area contributed by atoms with Crippen molar-refractivity contribution in [2.45, 2.75) is 26.3 Å². The van der Waals surface area contributed by atoms with E-state index in [9.17, 15) is 4.79 Å². The first-order valence-corrected chi connectivity index (χ1v) is 6.07. The molecule has 0 radical (unpaired) electrons. The summed E-state index contributed by atoms with van der Waals surface area (Å²) in [5.41, 5.74) is 0. The smallest absolute Gasteiger partial charge is 0.267 e. The summed E-state index contributed by atoms with van der Waals surface area (Å²) in [6, 6.07) is 3.89. The van der Waals surface area contributed by atoms with Crippen molar-refractivity contribution < 1.29 is 4.79 Å². The van der Waals surface area contributed by atoms with Crippen molar-refractivity contribution in [2.24, 2.45) is 0 Å². The number of carbonyl (C=O) groups is 1. The SMILES string of the molecule is CCC(C)NC(=S)NC(=O)c1cccs1. The van der Waals surface area contributed by atoms with E-state index in [-0.39, 0.29) is 11.9 Å². The topological polar surface area (TPSA) is 41.1 Å². The first kappa shape index (κ1) is 12.1. The van der Waals surface area contributed by atoms with Gasteiger partial charge in [-0.2, -0.15) is 0 Å². The Morgan fingerprint density at radius 2 is 2.40 bits per heavy atom. The third-order valence-corrected chi connectivity index (χ3v) is 3.05. The molecule has 1 rings (SSSR count). The second-order valence-electron chi connectivity index (χ2n) is 3.21. The Bertz CT molecular complexity index is 335. The quantitative estimate of drug-likeness (QED) is 0.798. The van der Waals surface area contributed by atoms with Crippen LogP contribution in [0.1, 0.15) is 29.9 Å². The standard InChI is InChI=1S/C10H14N2OS2/c1-3-7(2)11-10(14)12-9(13)8-5-4-6-15-8/h4-7H,3H2,1-2H3,(H2,11,12,13,14). The zero-order valence-corrected chi connectivity index (χ0v) is 10.4. The molecule has 5 heteroatoms. The zero-order valence-electron chi connectivity index (χ0n) is 8.74. The van der Waals surface area contributed by atoms with Crippen LogP contribution in [0, 0.1) is 0 Å². The number of amides is 1. The Labute approximate surface area is 98.9 Å². The summed E-state index contributed by atoms with van der Waals surface area (Å²) in [4.78, 5) is 12.2. The lowest BCUT2D eigenvalue weighted by Gasteiger charge is -2.13. The van der Waals surface area contributed by atoms with Gasteiger partial charge in [0.15, 0.2) is 5.11 Å². The van der Waals surface area contributed by atoms with Gasteiger partial charge in [0.1, 0.15) is 0 Å². The molecule has 0 aliphatic carbocycles. The molecule has 82 valence electrons. The van der Waals surface area contributed by atoms with Crippen LogP contribution in [0.15, 0.2) is 17.5 Å². The minimum absolute atomic E-state index is 0.147. The van der Waals surface area contributed by atoms with E-state index in [1.807, 2.05) is 18.4 Å². The minimum Gasteiger partial charge on any atom is -0.360 e.